The first-order valence-corrected chi connectivity index (χ1v) is 9.17. The Morgan fingerprint density at radius 2 is 1.96 bits per heavy atom. The van der Waals surface area contributed by atoms with Crippen molar-refractivity contribution in [1.29, 1.82) is 0 Å². The number of hydrogen-bond donors (Lipinski definition) is 0. The molecule has 1 fully saturated rings. The molecule has 3 rings (SSSR count). The van der Waals surface area contributed by atoms with Crippen molar-refractivity contribution in [3.05, 3.63) is 71.3 Å². The molecule has 2 amide bonds. The van der Waals surface area contributed by atoms with Crippen LogP contribution in [0.3, 0.4) is 0 Å². The summed E-state index contributed by atoms with van der Waals surface area (Å²) >= 11 is 0. The van der Waals surface area contributed by atoms with Crippen LogP contribution in [0.15, 0.2) is 54.6 Å². The maximum absolute atomic E-state index is 12.9. The van der Waals surface area contributed by atoms with Crippen LogP contribution in [-0.4, -0.2) is 29.5 Å². The van der Waals surface area contributed by atoms with Crippen LogP contribution < -0.4 is 0 Å². The maximum atomic E-state index is 12.9. The molecule has 2 aromatic rings. The zero-order valence-corrected chi connectivity index (χ0v) is 15.4. The first kappa shape index (κ1) is 18.2. The van der Waals surface area contributed by atoms with Gasteiger partial charge in [0.1, 0.15) is 6.61 Å². The van der Waals surface area contributed by atoms with Crippen LogP contribution in [0, 0.1) is 6.92 Å². The largest absolute Gasteiger partial charge is 0.447 e. The number of cyclic esters (lactones) is 1. The summed E-state index contributed by atoms with van der Waals surface area (Å²) in [4.78, 5) is 26.4. The molecule has 2 aromatic carbocycles. The van der Waals surface area contributed by atoms with E-state index in [0.29, 0.717) is 12.8 Å². The Bertz CT molecular complexity index is 772. The molecule has 1 heterocycles. The highest BCUT2D eigenvalue weighted by Crippen LogP contribution is 2.27. The molecule has 1 unspecified atom stereocenters. The Morgan fingerprint density at radius 1 is 1.19 bits per heavy atom. The summed E-state index contributed by atoms with van der Waals surface area (Å²) in [5.41, 5.74) is 3.42. The number of nitrogens with zero attached hydrogens (tertiary/aromatic N) is 1. The molecule has 0 radical (unpaired) electrons. The van der Waals surface area contributed by atoms with Crippen molar-refractivity contribution in [2.24, 2.45) is 0 Å². The summed E-state index contributed by atoms with van der Waals surface area (Å²) < 4.78 is 5.18. The molecule has 2 atom stereocenters. The summed E-state index contributed by atoms with van der Waals surface area (Å²) in [6.07, 6.45) is 1.27. The Morgan fingerprint density at radius 3 is 2.65 bits per heavy atom. The summed E-state index contributed by atoms with van der Waals surface area (Å²) in [5, 5.41) is 0. The lowest BCUT2D eigenvalue weighted by Gasteiger charge is -2.23. The van der Waals surface area contributed by atoms with E-state index in [1.165, 1.54) is 10.5 Å². The lowest BCUT2D eigenvalue weighted by molar-refractivity contribution is -0.129. The standard InChI is InChI=1S/C22H25NO3/c1-3-18(19-11-7-8-16(2)12-19)14-21(24)23-20(15-26-22(23)25)13-17-9-5-4-6-10-17/h4-12,18,20H,3,13-15H2,1-2H3/t18?,20-/m0/s1. The molecule has 136 valence electrons. The second-order valence-electron chi connectivity index (χ2n) is 6.91. The van der Waals surface area contributed by atoms with Gasteiger partial charge in [-0.2, -0.15) is 0 Å². The van der Waals surface area contributed by atoms with Crippen LogP contribution >= 0.6 is 0 Å². The molecule has 4 nitrogen and oxygen atoms in total. The van der Waals surface area contributed by atoms with Gasteiger partial charge in [-0.05, 0) is 36.8 Å². The van der Waals surface area contributed by atoms with Crippen LogP contribution in [0.25, 0.3) is 0 Å². The fourth-order valence-corrected chi connectivity index (χ4v) is 3.53. The van der Waals surface area contributed by atoms with Crippen LogP contribution in [0.4, 0.5) is 4.79 Å². The third kappa shape index (κ3) is 4.13. The zero-order valence-electron chi connectivity index (χ0n) is 15.4. The average Bonchev–Trinajstić information content (AvgIpc) is 3.00. The molecule has 0 spiro atoms. The quantitative estimate of drug-likeness (QED) is 0.771. The lowest BCUT2D eigenvalue weighted by atomic mass is 9.91. The van der Waals surface area contributed by atoms with E-state index in [1.807, 2.05) is 49.4 Å². The smallest absolute Gasteiger partial charge is 0.416 e. The first-order valence-electron chi connectivity index (χ1n) is 9.17. The Kier molecular flexibility index (Phi) is 5.71. The minimum Gasteiger partial charge on any atom is -0.447 e. The Labute approximate surface area is 154 Å². The minimum atomic E-state index is -0.518. The van der Waals surface area contributed by atoms with Crippen LogP contribution in [-0.2, 0) is 16.0 Å². The summed E-state index contributed by atoms with van der Waals surface area (Å²) in [6, 6.07) is 17.9. The topological polar surface area (TPSA) is 46.6 Å². The second kappa shape index (κ2) is 8.17. The number of hydrogen-bond acceptors (Lipinski definition) is 3. The van der Waals surface area contributed by atoms with Gasteiger partial charge in [0, 0.05) is 6.42 Å². The molecular weight excluding hydrogens is 326 g/mol. The van der Waals surface area contributed by atoms with Crippen molar-refractivity contribution in [1.82, 2.24) is 4.90 Å². The van der Waals surface area contributed by atoms with Gasteiger partial charge in [0.2, 0.25) is 5.91 Å². The normalized spacial score (nSPS) is 17.8. The van der Waals surface area contributed by atoms with Gasteiger partial charge in [0.05, 0.1) is 6.04 Å². The lowest BCUT2D eigenvalue weighted by Crippen LogP contribution is -2.40. The summed E-state index contributed by atoms with van der Waals surface area (Å²) in [5.74, 6) is -0.0463. The van der Waals surface area contributed by atoms with Crippen LogP contribution in [0.5, 0.6) is 0 Å². The number of ether oxygens (including phenoxy) is 1. The van der Waals surface area contributed by atoms with Gasteiger partial charge in [-0.3, -0.25) is 4.79 Å². The number of benzene rings is 2. The van der Waals surface area contributed by atoms with E-state index in [4.69, 9.17) is 4.74 Å². The molecule has 0 saturated carbocycles. The monoisotopic (exact) mass is 351 g/mol. The van der Waals surface area contributed by atoms with Gasteiger partial charge in [0.15, 0.2) is 0 Å². The Balaban J connectivity index is 1.72. The molecule has 0 aliphatic carbocycles. The minimum absolute atomic E-state index is 0.105. The predicted molar refractivity (Wildman–Crippen MR) is 101 cm³/mol. The molecule has 0 N–H and O–H groups in total. The zero-order chi connectivity index (χ0) is 18.5. The molecule has 0 bridgehead atoms. The summed E-state index contributed by atoms with van der Waals surface area (Å²) in [6.45, 7) is 4.39. The molecule has 0 aromatic heterocycles. The second-order valence-corrected chi connectivity index (χ2v) is 6.91. The highest BCUT2D eigenvalue weighted by atomic mass is 16.6. The first-order chi connectivity index (χ1) is 12.6. The number of carbonyl (C=O) groups is 2. The average molecular weight is 351 g/mol. The fraction of sp³-hybridized carbons (Fsp3) is 0.364. The van der Waals surface area contributed by atoms with Gasteiger partial charge in [-0.1, -0.05) is 67.1 Å². The molecule has 1 aliphatic heterocycles. The number of amides is 2. The van der Waals surface area contributed by atoms with E-state index in [9.17, 15) is 9.59 Å². The van der Waals surface area contributed by atoms with Gasteiger partial charge >= 0.3 is 6.09 Å². The van der Waals surface area contributed by atoms with Gasteiger partial charge < -0.3 is 4.74 Å². The highest BCUT2D eigenvalue weighted by Gasteiger charge is 2.38. The van der Waals surface area contributed by atoms with Crippen molar-refractivity contribution in [3.63, 3.8) is 0 Å². The molecule has 1 aliphatic rings. The van der Waals surface area contributed by atoms with E-state index >= 15 is 0 Å². The van der Waals surface area contributed by atoms with Crippen molar-refractivity contribution < 1.29 is 14.3 Å². The van der Waals surface area contributed by atoms with E-state index in [1.54, 1.807) is 0 Å². The number of aryl methyl sites for hydroxylation is 1. The van der Waals surface area contributed by atoms with Crippen LogP contribution in [0.1, 0.15) is 42.4 Å². The number of imide groups is 1. The summed E-state index contributed by atoms with van der Waals surface area (Å²) in [7, 11) is 0. The van der Waals surface area contributed by atoms with Crippen LogP contribution in [0.2, 0.25) is 0 Å². The molecule has 1 saturated heterocycles. The SMILES string of the molecule is CCC(CC(=O)N1C(=O)OC[C@@H]1Cc1ccccc1)c1cccc(C)c1. The van der Waals surface area contributed by atoms with E-state index < -0.39 is 6.09 Å². The van der Waals surface area contributed by atoms with Gasteiger partial charge in [0.25, 0.3) is 0 Å². The van der Waals surface area contributed by atoms with Crippen molar-refractivity contribution in [2.75, 3.05) is 6.61 Å². The third-order valence-corrected chi connectivity index (χ3v) is 4.97. The van der Waals surface area contributed by atoms with E-state index in [2.05, 4.69) is 19.1 Å². The molecular formula is C22H25NO3. The molecule has 26 heavy (non-hydrogen) atoms. The van der Waals surface area contributed by atoms with E-state index in [0.717, 1.165) is 17.5 Å². The highest BCUT2D eigenvalue weighted by molar-refractivity contribution is 5.94. The maximum Gasteiger partial charge on any atom is 0.416 e. The number of carbonyl (C=O) groups excluding carboxylic acids is 2. The van der Waals surface area contributed by atoms with Crippen molar-refractivity contribution >= 4 is 12.0 Å². The van der Waals surface area contributed by atoms with Crippen molar-refractivity contribution in [2.45, 2.75) is 45.1 Å². The van der Waals surface area contributed by atoms with Gasteiger partial charge in [-0.25, -0.2) is 9.69 Å². The predicted octanol–water partition coefficient (Wildman–Crippen LogP) is 4.47. The van der Waals surface area contributed by atoms with Gasteiger partial charge in [-0.15, -0.1) is 0 Å². The van der Waals surface area contributed by atoms with Crippen molar-refractivity contribution in [3.8, 4) is 0 Å². The Hall–Kier alpha value is -2.62. The molecule has 4 heteroatoms. The van der Waals surface area contributed by atoms with E-state index in [-0.39, 0.29) is 24.5 Å². The third-order valence-electron chi connectivity index (χ3n) is 4.97. The fourth-order valence-electron chi connectivity index (χ4n) is 3.53. The number of rotatable bonds is 6.